The van der Waals surface area contributed by atoms with Crippen LogP contribution < -0.4 is 9.80 Å². The molecule has 0 aromatic heterocycles. The Balaban J connectivity index is 1.50. The second-order valence-electron chi connectivity index (χ2n) is 18.7. The van der Waals surface area contributed by atoms with Gasteiger partial charge < -0.3 is 9.80 Å². The number of nitrogens with zero attached hydrogens (tertiary/aromatic N) is 2. The molecule has 58 heavy (non-hydrogen) atoms. The smallest absolute Gasteiger partial charge is 0.0543 e. The quantitative estimate of drug-likeness (QED) is 0.149. The highest BCUT2D eigenvalue weighted by atomic mass is 15.2. The van der Waals surface area contributed by atoms with E-state index >= 15 is 0 Å². The number of para-hydroxylation sites is 2. The maximum atomic E-state index is 2.61. The summed E-state index contributed by atoms with van der Waals surface area (Å²) in [5, 5.41) is 8.28. The Kier molecular flexibility index (Phi) is 9.00. The van der Waals surface area contributed by atoms with Gasteiger partial charge in [0.05, 0.1) is 22.7 Å². The van der Waals surface area contributed by atoms with Crippen LogP contribution >= 0.6 is 0 Å². The normalized spacial score (nSPS) is 13.7. The molecule has 0 fully saturated rings. The summed E-state index contributed by atoms with van der Waals surface area (Å²) >= 11 is 0. The molecule has 292 valence electrons. The largest absolute Gasteiger partial charge is 0.309 e. The molecule has 0 atom stereocenters. The van der Waals surface area contributed by atoms with Crippen molar-refractivity contribution in [2.45, 2.75) is 107 Å². The first-order chi connectivity index (χ1) is 27.6. The second kappa shape index (κ2) is 13.8. The van der Waals surface area contributed by atoms with Crippen LogP contribution in [0.2, 0.25) is 0 Å². The van der Waals surface area contributed by atoms with E-state index in [4.69, 9.17) is 0 Å². The van der Waals surface area contributed by atoms with Crippen LogP contribution in [0.25, 0.3) is 32.3 Å². The van der Waals surface area contributed by atoms with Gasteiger partial charge in [0.15, 0.2) is 0 Å². The number of hydrogen-bond acceptors (Lipinski definition) is 2. The summed E-state index contributed by atoms with van der Waals surface area (Å²) in [6, 6.07) is 40.2. The SMILES string of the molecule is Cc1cc(C)cc(N(c2c(C)cccc2C)c2cc(C(C)C)c3ccc4c(N(c5cc(C)cc(C)c5)c5c(C)cccc5C)cc5c6c(cc2c3c46)C(C)(C)CC5)c1. The number of rotatable bonds is 7. The van der Waals surface area contributed by atoms with Crippen LogP contribution in [-0.2, 0) is 11.8 Å². The van der Waals surface area contributed by atoms with E-state index in [1.807, 2.05) is 0 Å². The first-order valence-corrected chi connectivity index (χ1v) is 21.3. The molecule has 2 heteroatoms. The van der Waals surface area contributed by atoms with Crippen LogP contribution in [-0.4, -0.2) is 0 Å². The molecule has 0 aliphatic heterocycles. The zero-order valence-electron chi connectivity index (χ0n) is 36.7. The zero-order chi connectivity index (χ0) is 40.9. The van der Waals surface area contributed by atoms with Crippen molar-refractivity contribution in [3.63, 3.8) is 0 Å². The highest BCUT2D eigenvalue weighted by Gasteiger charge is 2.34. The molecule has 0 saturated carbocycles. The molecular weight excluding hydrogens is 701 g/mol. The summed E-state index contributed by atoms with van der Waals surface area (Å²) in [5.74, 6) is 0.325. The van der Waals surface area contributed by atoms with Crippen LogP contribution in [0, 0.1) is 55.4 Å². The highest BCUT2D eigenvalue weighted by Crippen LogP contribution is 2.55. The number of benzene rings is 8. The Labute approximate surface area is 346 Å². The fraction of sp³-hybridized carbons (Fsp3) is 0.286. The predicted molar refractivity (Wildman–Crippen MR) is 253 cm³/mol. The molecule has 0 N–H and O–H groups in total. The fourth-order valence-corrected chi connectivity index (χ4v) is 10.6. The molecule has 1 aliphatic carbocycles. The Morgan fingerprint density at radius 3 is 1.43 bits per heavy atom. The Bertz CT molecular complexity index is 2860. The molecule has 0 unspecified atom stereocenters. The van der Waals surface area contributed by atoms with Crippen LogP contribution in [0.1, 0.15) is 101 Å². The summed E-state index contributed by atoms with van der Waals surface area (Å²) < 4.78 is 0. The molecule has 0 heterocycles. The number of aryl methyl sites for hydroxylation is 9. The number of anilines is 6. The number of hydrogen-bond donors (Lipinski definition) is 0. The first kappa shape index (κ1) is 37.9. The molecule has 0 saturated heterocycles. The molecule has 0 spiro atoms. The van der Waals surface area contributed by atoms with Gasteiger partial charge in [-0.1, -0.05) is 88.4 Å². The van der Waals surface area contributed by atoms with Gasteiger partial charge in [-0.2, -0.15) is 0 Å². The Morgan fingerprint density at radius 1 is 0.483 bits per heavy atom. The Hall–Kier alpha value is -5.60. The fourth-order valence-electron chi connectivity index (χ4n) is 10.6. The van der Waals surface area contributed by atoms with Crippen LogP contribution in [0.15, 0.2) is 103 Å². The van der Waals surface area contributed by atoms with E-state index in [2.05, 4.69) is 196 Å². The highest BCUT2D eigenvalue weighted by molar-refractivity contribution is 6.30. The van der Waals surface area contributed by atoms with Gasteiger partial charge in [0, 0.05) is 27.5 Å². The average molecular weight is 759 g/mol. The summed E-state index contributed by atoms with van der Waals surface area (Å²) in [7, 11) is 0. The molecule has 0 amide bonds. The summed E-state index contributed by atoms with van der Waals surface area (Å²) in [4.78, 5) is 5.20. The lowest BCUT2D eigenvalue weighted by Gasteiger charge is -2.38. The summed E-state index contributed by atoms with van der Waals surface area (Å²) in [5.41, 5.74) is 22.0. The second-order valence-corrected chi connectivity index (χ2v) is 18.7. The summed E-state index contributed by atoms with van der Waals surface area (Å²) in [6.07, 6.45) is 2.15. The van der Waals surface area contributed by atoms with Crippen LogP contribution in [0.5, 0.6) is 0 Å². The van der Waals surface area contributed by atoms with Crippen LogP contribution in [0.3, 0.4) is 0 Å². The van der Waals surface area contributed by atoms with Gasteiger partial charge in [-0.3, -0.25) is 0 Å². The molecule has 8 aromatic carbocycles. The molecule has 2 nitrogen and oxygen atoms in total. The van der Waals surface area contributed by atoms with Crippen LogP contribution in [0.4, 0.5) is 34.1 Å². The van der Waals surface area contributed by atoms with Gasteiger partial charge in [0.25, 0.3) is 0 Å². The molecule has 1 aliphatic rings. The minimum absolute atomic E-state index is 0.0125. The van der Waals surface area contributed by atoms with Crippen molar-refractivity contribution in [1.82, 2.24) is 0 Å². The lowest BCUT2D eigenvalue weighted by Crippen LogP contribution is -2.24. The third-order valence-electron chi connectivity index (χ3n) is 13.2. The van der Waals surface area contributed by atoms with E-state index in [0.717, 1.165) is 12.8 Å². The van der Waals surface area contributed by atoms with E-state index in [1.54, 1.807) is 0 Å². The van der Waals surface area contributed by atoms with Gasteiger partial charge in [-0.15, -0.1) is 0 Å². The van der Waals surface area contributed by atoms with Crippen molar-refractivity contribution in [3.05, 3.63) is 164 Å². The maximum Gasteiger partial charge on any atom is 0.0543 e. The van der Waals surface area contributed by atoms with Crippen molar-refractivity contribution in [3.8, 4) is 0 Å². The first-order valence-electron chi connectivity index (χ1n) is 21.3. The minimum atomic E-state index is 0.0125. The zero-order valence-corrected chi connectivity index (χ0v) is 36.7. The van der Waals surface area contributed by atoms with Gasteiger partial charge in [-0.25, -0.2) is 0 Å². The van der Waals surface area contributed by atoms with Crippen molar-refractivity contribution in [2.75, 3.05) is 9.80 Å². The van der Waals surface area contributed by atoms with Crippen molar-refractivity contribution >= 4 is 66.4 Å². The van der Waals surface area contributed by atoms with Gasteiger partial charge in [0.2, 0.25) is 0 Å². The monoisotopic (exact) mass is 758 g/mol. The Morgan fingerprint density at radius 2 is 0.948 bits per heavy atom. The topological polar surface area (TPSA) is 6.48 Å². The molecular formula is C56H58N2. The van der Waals surface area contributed by atoms with Gasteiger partial charge >= 0.3 is 0 Å². The standard InChI is InChI=1S/C56H58N2/c1-32(2)46-31-50(58(43-27-35(5)24-36(6)28-43)55-39(9)17-14-18-40(55)10)47-30-48-51-41(21-22-56(48,11)12)29-49(45-20-19-44(46)52(47)53(45)51)57(42-25-33(3)23-34(4)26-42)54-37(7)15-13-16-38(54)8/h13-20,23-32H,21-22H2,1-12H3. The van der Waals surface area contributed by atoms with E-state index in [9.17, 15) is 0 Å². The molecule has 8 aromatic rings. The van der Waals surface area contributed by atoms with Crippen molar-refractivity contribution < 1.29 is 0 Å². The van der Waals surface area contributed by atoms with E-state index in [0.29, 0.717) is 5.92 Å². The van der Waals surface area contributed by atoms with Gasteiger partial charge in [-0.05, 0) is 199 Å². The molecule has 9 rings (SSSR count). The lowest BCUT2D eigenvalue weighted by atomic mass is 9.70. The van der Waals surface area contributed by atoms with E-state index in [1.165, 1.54) is 128 Å². The summed E-state index contributed by atoms with van der Waals surface area (Å²) in [6.45, 7) is 27.7. The molecule has 0 bridgehead atoms. The average Bonchev–Trinajstić information content (AvgIpc) is 3.15. The maximum absolute atomic E-state index is 2.61. The minimum Gasteiger partial charge on any atom is -0.309 e. The van der Waals surface area contributed by atoms with Crippen molar-refractivity contribution in [2.24, 2.45) is 0 Å². The van der Waals surface area contributed by atoms with E-state index < -0.39 is 0 Å². The lowest BCUT2D eigenvalue weighted by molar-refractivity contribution is 0.475. The van der Waals surface area contributed by atoms with Crippen molar-refractivity contribution in [1.29, 1.82) is 0 Å². The van der Waals surface area contributed by atoms with Gasteiger partial charge in [0.1, 0.15) is 0 Å². The molecule has 0 radical (unpaired) electrons. The van der Waals surface area contributed by atoms with E-state index in [-0.39, 0.29) is 5.41 Å². The third-order valence-corrected chi connectivity index (χ3v) is 13.2. The third kappa shape index (κ3) is 5.98. The predicted octanol–water partition coefficient (Wildman–Crippen LogP) is 16.3.